The first-order valence-electron chi connectivity index (χ1n) is 10.8. The minimum absolute atomic E-state index is 0.0471. The fourth-order valence-corrected chi connectivity index (χ4v) is 4.42. The number of aromatic nitrogens is 1. The summed E-state index contributed by atoms with van der Waals surface area (Å²) < 4.78 is 12.0. The van der Waals surface area contributed by atoms with Crippen molar-refractivity contribution in [2.45, 2.75) is 77.7 Å². The Bertz CT molecular complexity index is 728. The van der Waals surface area contributed by atoms with Crippen LogP contribution in [0.25, 0.3) is 0 Å². The number of carbonyl (C=O) groups is 1. The highest BCUT2D eigenvalue weighted by Crippen LogP contribution is 2.37. The number of alkyl carbamates (subject to hydrolysis) is 1. The van der Waals surface area contributed by atoms with Crippen LogP contribution in [0.1, 0.15) is 48.0 Å². The van der Waals surface area contributed by atoms with Crippen molar-refractivity contribution in [3.05, 3.63) is 18.5 Å². The van der Waals surface area contributed by atoms with Crippen molar-refractivity contribution in [2.75, 3.05) is 30.3 Å². The summed E-state index contributed by atoms with van der Waals surface area (Å²) in [5, 5.41) is 3.21. The number of ether oxygens (including phenoxy) is 1. The average Bonchev–Trinajstić information content (AvgIpc) is 2.57. The summed E-state index contributed by atoms with van der Waals surface area (Å²) in [5.74, 6) is 0.278. The van der Waals surface area contributed by atoms with Crippen LogP contribution in [0.4, 0.5) is 16.2 Å². The number of rotatable bonds is 5. The molecule has 1 aliphatic heterocycles. The second kappa shape index (κ2) is 9.14. The largest absolute Gasteiger partial charge is 0.444 e. The average molecular weight is 437 g/mol. The van der Waals surface area contributed by atoms with E-state index in [2.05, 4.69) is 49.1 Å². The van der Waals surface area contributed by atoms with Gasteiger partial charge in [0, 0.05) is 31.8 Å². The number of hydrogen-bond donors (Lipinski definition) is 2. The second-order valence-electron chi connectivity index (χ2n) is 10.9. The standard InChI is InChI=1S/C22H40N4O3Si/c1-21(2,3)29-20(27)25-17-11-16(15-28-30(7,8)22(4,5)6)13-26(14-17)19-9-10-24-12-18(19)23/h9-10,12,16-17H,11,13-15,23H2,1-8H3,(H,25,27)/t16-,17+/m1/s1. The van der Waals surface area contributed by atoms with Crippen LogP contribution in [-0.4, -0.2) is 50.7 Å². The molecule has 0 unspecified atom stereocenters. The van der Waals surface area contributed by atoms with Crippen molar-refractivity contribution in [3.63, 3.8) is 0 Å². The molecule has 3 N–H and O–H groups in total. The number of hydrogen-bond acceptors (Lipinski definition) is 6. The predicted molar refractivity (Wildman–Crippen MR) is 125 cm³/mol. The van der Waals surface area contributed by atoms with Gasteiger partial charge in [-0.05, 0) is 51.4 Å². The summed E-state index contributed by atoms with van der Waals surface area (Å²) in [4.78, 5) is 18.7. The fraction of sp³-hybridized carbons (Fsp3) is 0.727. The molecule has 0 radical (unpaired) electrons. The van der Waals surface area contributed by atoms with E-state index in [1.165, 1.54) is 0 Å². The Kier molecular flexibility index (Phi) is 7.45. The second-order valence-corrected chi connectivity index (χ2v) is 15.7. The van der Waals surface area contributed by atoms with Gasteiger partial charge in [0.15, 0.2) is 8.32 Å². The molecular formula is C22H40N4O3Si. The maximum atomic E-state index is 12.4. The first kappa shape index (κ1) is 24.5. The van der Waals surface area contributed by atoms with Crippen molar-refractivity contribution in [1.82, 2.24) is 10.3 Å². The topological polar surface area (TPSA) is 89.7 Å². The van der Waals surface area contributed by atoms with Crippen LogP contribution in [0.15, 0.2) is 18.5 Å². The lowest BCUT2D eigenvalue weighted by Gasteiger charge is -2.42. The van der Waals surface area contributed by atoms with E-state index in [4.69, 9.17) is 14.9 Å². The number of anilines is 2. The lowest BCUT2D eigenvalue weighted by molar-refractivity contribution is 0.0488. The number of pyridine rings is 1. The molecule has 2 heterocycles. The molecule has 1 aliphatic rings. The van der Waals surface area contributed by atoms with Crippen molar-refractivity contribution >= 4 is 25.8 Å². The van der Waals surface area contributed by atoms with E-state index in [1.54, 1.807) is 12.4 Å². The van der Waals surface area contributed by atoms with E-state index in [0.29, 0.717) is 18.8 Å². The number of nitrogen functional groups attached to an aromatic ring is 1. The summed E-state index contributed by atoms with van der Waals surface area (Å²) in [7, 11) is -1.85. The summed E-state index contributed by atoms with van der Waals surface area (Å²) in [5.41, 5.74) is 7.24. The highest BCUT2D eigenvalue weighted by Gasteiger charge is 2.39. The van der Waals surface area contributed by atoms with Gasteiger partial charge in [0.1, 0.15) is 5.60 Å². The third-order valence-electron chi connectivity index (χ3n) is 5.91. The quantitative estimate of drug-likeness (QED) is 0.665. The maximum Gasteiger partial charge on any atom is 0.407 e. The van der Waals surface area contributed by atoms with Crippen LogP contribution < -0.4 is 16.0 Å². The van der Waals surface area contributed by atoms with Gasteiger partial charge < -0.3 is 25.1 Å². The van der Waals surface area contributed by atoms with Crippen molar-refractivity contribution in [3.8, 4) is 0 Å². The maximum absolute atomic E-state index is 12.4. The van der Waals surface area contributed by atoms with Crippen molar-refractivity contribution < 1.29 is 14.0 Å². The Morgan fingerprint density at radius 3 is 2.50 bits per heavy atom. The van der Waals surface area contributed by atoms with Gasteiger partial charge in [0.2, 0.25) is 0 Å². The summed E-state index contributed by atoms with van der Waals surface area (Å²) in [6.07, 6.45) is 3.87. The first-order valence-corrected chi connectivity index (χ1v) is 13.7. The molecule has 0 bridgehead atoms. The number of piperidine rings is 1. The van der Waals surface area contributed by atoms with Gasteiger partial charge in [-0.1, -0.05) is 20.8 Å². The van der Waals surface area contributed by atoms with Crippen molar-refractivity contribution in [2.24, 2.45) is 5.92 Å². The van der Waals surface area contributed by atoms with Crippen LogP contribution in [0.3, 0.4) is 0 Å². The number of nitrogens with one attached hydrogen (secondary N) is 1. The minimum atomic E-state index is -1.85. The lowest BCUT2D eigenvalue weighted by Crippen LogP contribution is -2.53. The van der Waals surface area contributed by atoms with Gasteiger partial charge in [-0.3, -0.25) is 4.98 Å². The first-order chi connectivity index (χ1) is 13.7. The number of nitrogens with zero attached hydrogens (tertiary/aromatic N) is 2. The van der Waals surface area contributed by atoms with Gasteiger partial charge >= 0.3 is 6.09 Å². The van der Waals surface area contributed by atoms with Crippen LogP contribution in [0.2, 0.25) is 18.1 Å². The third-order valence-corrected chi connectivity index (χ3v) is 10.4. The molecular weight excluding hydrogens is 396 g/mol. The summed E-state index contributed by atoms with van der Waals surface area (Å²) >= 11 is 0. The molecule has 1 saturated heterocycles. The zero-order chi connectivity index (χ0) is 22.7. The molecule has 30 heavy (non-hydrogen) atoms. The Morgan fingerprint density at radius 1 is 1.27 bits per heavy atom. The molecule has 1 fully saturated rings. The molecule has 0 spiro atoms. The summed E-state index contributed by atoms with van der Waals surface area (Å²) in [6, 6.07) is 1.88. The lowest BCUT2D eigenvalue weighted by atomic mass is 9.94. The molecule has 0 aromatic carbocycles. The molecule has 8 heteroatoms. The van der Waals surface area contributed by atoms with E-state index < -0.39 is 13.9 Å². The third kappa shape index (κ3) is 6.87. The van der Waals surface area contributed by atoms with Gasteiger partial charge in [0.05, 0.1) is 23.6 Å². The SMILES string of the molecule is CC(C)(C)OC(=O)N[C@H]1C[C@@H](CO[Si](C)(C)C(C)(C)C)CN(c2ccncc2N)C1. The molecule has 1 aromatic heterocycles. The van der Waals surface area contributed by atoms with Crippen LogP contribution >= 0.6 is 0 Å². The molecule has 0 saturated carbocycles. The van der Waals surface area contributed by atoms with E-state index in [-0.39, 0.29) is 23.1 Å². The Balaban J connectivity index is 2.14. The van der Waals surface area contributed by atoms with Crippen LogP contribution in [0, 0.1) is 5.92 Å². The fourth-order valence-electron chi connectivity index (χ4n) is 3.33. The zero-order valence-electron chi connectivity index (χ0n) is 19.9. The number of nitrogens with two attached hydrogens (primary N) is 1. The number of carbonyl (C=O) groups excluding carboxylic acids is 1. The Morgan fingerprint density at radius 2 is 1.93 bits per heavy atom. The molecule has 1 aromatic rings. The molecule has 0 aliphatic carbocycles. The minimum Gasteiger partial charge on any atom is -0.444 e. The van der Waals surface area contributed by atoms with Gasteiger partial charge in [-0.2, -0.15) is 0 Å². The molecule has 170 valence electrons. The molecule has 1 amide bonds. The highest BCUT2D eigenvalue weighted by atomic mass is 28.4. The smallest absolute Gasteiger partial charge is 0.407 e. The summed E-state index contributed by atoms with van der Waals surface area (Å²) in [6.45, 7) is 19.1. The van der Waals surface area contributed by atoms with E-state index in [9.17, 15) is 4.79 Å². The molecule has 2 rings (SSSR count). The van der Waals surface area contributed by atoms with E-state index in [0.717, 1.165) is 18.7 Å². The van der Waals surface area contributed by atoms with Gasteiger partial charge in [-0.25, -0.2) is 4.79 Å². The monoisotopic (exact) mass is 436 g/mol. The molecule has 7 nitrogen and oxygen atoms in total. The Labute approximate surface area is 182 Å². The van der Waals surface area contributed by atoms with Crippen LogP contribution in [-0.2, 0) is 9.16 Å². The normalized spacial score (nSPS) is 20.7. The highest BCUT2D eigenvalue weighted by molar-refractivity contribution is 6.74. The van der Waals surface area contributed by atoms with E-state index >= 15 is 0 Å². The predicted octanol–water partition coefficient (Wildman–Crippen LogP) is 4.41. The van der Waals surface area contributed by atoms with Crippen molar-refractivity contribution in [1.29, 1.82) is 0 Å². The van der Waals surface area contributed by atoms with Gasteiger partial charge in [-0.15, -0.1) is 0 Å². The zero-order valence-corrected chi connectivity index (χ0v) is 20.9. The van der Waals surface area contributed by atoms with Crippen LogP contribution in [0.5, 0.6) is 0 Å². The Hall–Kier alpha value is -1.80. The van der Waals surface area contributed by atoms with Gasteiger partial charge in [0.25, 0.3) is 0 Å². The molecule has 2 atom stereocenters. The number of amides is 1. The van der Waals surface area contributed by atoms with E-state index in [1.807, 2.05) is 26.8 Å².